The number of unbranched alkanes of at least 4 members (excludes halogenated alkanes) is 1. The number of rotatable bonds is 7. The summed E-state index contributed by atoms with van der Waals surface area (Å²) >= 11 is 0. The highest BCUT2D eigenvalue weighted by Gasteiger charge is 2.24. The monoisotopic (exact) mass is 179 g/mol. The summed E-state index contributed by atoms with van der Waals surface area (Å²) in [6.45, 7) is 3.27. The van der Waals surface area contributed by atoms with Gasteiger partial charge in [0.2, 0.25) is 0 Å². The van der Waals surface area contributed by atoms with Gasteiger partial charge in [0.15, 0.2) is 0 Å². The number of hydrogen-bond donors (Lipinski definition) is 1. The summed E-state index contributed by atoms with van der Waals surface area (Å²) in [5.41, 5.74) is 0. The Hall–Kier alpha value is -0.480. The van der Waals surface area contributed by atoms with E-state index in [1.807, 2.05) is 0 Å². The average molecular weight is 179 g/mol. The summed E-state index contributed by atoms with van der Waals surface area (Å²) < 4.78 is 0. The zero-order valence-electron chi connectivity index (χ0n) is 8.68. The van der Waals surface area contributed by atoms with Gasteiger partial charge in [0.25, 0.3) is 0 Å². The van der Waals surface area contributed by atoms with E-state index in [0.717, 1.165) is 24.9 Å². The molecule has 1 nitrogen and oxygen atoms in total. The van der Waals surface area contributed by atoms with Crippen molar-refractivity contribution in [3.8, 4) is 12.3 Å². The molecule has 0 saturated heterocycles. The van der Waals surface area contributed by atoms with Crippen LogP contribution >= 0.6 is 0 Å². The first-order valence-corrected chi connectivity index (χ1v) is 5.53. The normalized spacial score (nSPS) is 18.2. The van der Waals surface area contributed by atoms with Crippen LogP contribution in [0.1, 0.15) is 45.4 Å². The molecule has 1 atom stereocenters. The van der Waals surface area contributed by atoms with Crippen LogP contribution in [0, 0.1) is 18.3 Å². The molecule has 0 aliphatic heterocycles. The Bertz CT molecular complexity index is 164. The summed E-state index contributed by atoms with van der Waals surface area (Å²) in [7, 11) is 0. The molecule has 0 bridgehead atoms. The zero-order chi connectivity index (χ0) is 9.52. The fourth-order valence-corrected chi connectivity index (χ4v) is 1.80. The molecule has 0 spiro atoms. The molecule has 0 radical (unpaired) electrons. The van der Waals surface area contributed by atoms with Crippen molar-refractivity contribution < 1.29 is 0 Å². The number of terminal acetylenes is 1. The molecule has 0 heterocycles. The third-order valence-corrected chi connectivity index (χ3v) is 2.68. The van der Waals surface area contributed by atoms with Crippen LogP contribution in [0.15, 0.2) is 0 Å². The molecule has 1 heteroatoms. The van der Waals surface area contributed by atoms with Crippen LogP contribution < -0.4 is 5.32 Å². The molecule has 1 N–H and O–H groups in total. The minimum absolute atomic E-state index is 0.728. The van der Waals surface area contributed by atoms with Gasteiger partial charge in [0, 0.05) is 12.5 Å². The summed E-state index contributed by atoms with van der Waals surface area (Å²) in [5.74, 6) is 3.73. The topological polar surface area (TPSA) is 12.0 Å². The molecular weight excluding hydrogens is 158 g/mol. The van der Waals surface area contributed by atoms with Crippen LogP contribution in [-0.2, 0) is 0 Å². The van der Waals surface area contributed by atoms with Crippen LogP contribution in [0.3, 0.4) is 0 Å². The lowest BCUT2D eigenvalue weighted by molar-refractivity contribution is 0.434. The van der Waals surface area contributed by atoms with Crippen molar-refractivity contribution in [1.29, 1.82) is 0 Å². The van der Waals surface area contributed by atoms with E-state index in [9.17, 15) is 0 Å². The SMILES string of the molecule is C#CCCCC(CC1CC1)NCC. The second-order valence-electron chi connectivity index (χ2n) is 4.03. The van der Waals surface area contributed by atoms with E-state index in [1.54, 1.807) is 0 Å². The third-order valence-electron chi connectivity index (χ3n) is 2.68. The lowest BCUT2D eigenvalue weighted by Gasteiger charge is -2.16. The molecule has 1 aliphatic carbocycles. The Morgan fingerprint density at radius 2 is 2.31 bits per heavy atom. The minimum Gasteiger partial charge on any atom is -0.314 e. The van der Waals surface area contributed by atoms with Crippen LogP contribution in [0.25, 0.3) is 0 Å². The Labute approximate surface area is 82.3 Å². The summed E-state index contributed by atoms with van der Waals surface area (Å²) in [5, 5.41) is 3.54. The largest absolute Gasteiger partial charge is 0.314 e. The van der Waals surface area contributed by atoms with Crippen molar-refractivity contribution >= 4 is 0 Å². The van der Waals surface area contributed by atoms with Gasteiger partial charge in [0.05, 0.1) is 0 Å². The predicted octanol–water partition coefficient (Wildman–Crippen LogP) is 2.57. The summed E-state index contributed by atoms with van der Waals surface area (Å²) in [6.07, 6.45) is 12.9. The van der Waals surface area contributed by atoms with Gasteiger partial charge < -0.3 is 5.32 Å². The molecule has 1 saturated carbocycles. The summed E-state index contributed by atoms with van der Waals surface area (Å²) in [6, 6.07) is 0.728. The predicted molar refractivity (Wildman–Crippen MR) is 57.5 cm³/mol. The second-order valence-corrected chi connectivity index (χ2v) is 4.03. The Kier molecular flexibility index (Phi) is 4.93. The maximum atomic E-state index is 5.23. The molecule has 1 fully saturated rings. The third kappa shape index (κ3) is 4.95. The minimum atomic E-state index is 0.728. The van der Waals surface area contributed by atoms with Crippen LogP contribution in [0.4, 0.5) is 0 Å². The van der Waals surface area contributed by atoms with Crippen molar-refractivity contribution in [3.05, 3.63) is 0 Å². The molecular formula is C12H21N. The van der Waals surface area contributed by atoms with Gasteiger partial charge in [-0.15, -0.1) is 12.3 Å². The zero-order valence-corrected chi connectivity index (χ0v) is 8.68. The van der Waals surface area contributed by atoms with Crippen molar-refractivity contribution in [3.63, 3.8) is 0 Å². The van der Waals surface area contributed by atoms with E-state index in [4.69, 9.17) is 6.42 Å². The van der Waals surface area contributed by atoms with E-state index in [0.29, 0.717) is 0 Å². The van der Waals surface area contributed by atoms with Crippen molar-refractivity contribution in [1.82, 2.24) is 5.32 Å². The molecule has 1 unspecified atom stereocenters. The van der Waals surface area contributed by atoms with Crippen LogP contribution in [0.5, 0.6) is 0 Å². The summed E-state index contributed by atoms with van der Waals surface area (Å²) in [4.78, 5) is 0. The molecule has 1 aliphatic rings. The quantitative estimate of drug-likeness (QED) is 0.468. The van der Waals surface area contributed by atoms with Gasteiger partial charge in [-0.1, -0.05) is 19.8 Å². The molecule has 0 aromatic carbocycles. The van der Waals surface area contributed by atoms with E-state index in [1.165, 1.54) is 32.1 Å². The highest BCUT2D eigenvalue weighted by molar-refractivity contribution is 4.85. The van der Waals surface area contributed by atoms with E-state index < -0.39 is 0 Å². The Morgan fingerprint density at radius 3 is 2.85 bits per heavy atom. The molecule has 0 aromatic heterocycles. The number of hydrogen-bond acceptors (Lipinski definition) is 1. The molecule has 13 heavy (non-hydrogen) atoms. The average Bonchev–Trinajstić information content (AvgIpc) is 2.89. The van der Waals surface area contributed by atoms with Gasteiger partial charge in [0.1, 0.15) is 0 Å². The highest BCUT2D eigenvalue weighted by Crippen LogP contribution is 2.34. The van der Waals surface area contributed by atoms with Gasteiger partial charge in [-0.3, -0.25) is 0 Å². The first-order chi connectivity index (χ1) is 6.36. The smallest absolute Gasteiger partial charge is 0.00866 e. The lowest BCUT2D eigenvalue weighted by Crippen LogP contribution is -2.29. The standard InChI is InChI=1S/C12H21N/c1-3-5-6-7-12(13-4-2)10-11-8-9-11/h1,11-13H,4-10H2,2H3. The van der Waals surface area contributed by atoms with Gasteiger partial charge in [-0.05, 0) is 31.7 Å². The van der Waals surface area contributed by atoms with E-state index >= 15 is 0 Å². The van der Waals surface area contributed by atoms with Crippen molar-refractivity contribution in [2.45, 2.75) is 51.5 Å². The van der Waals surface area contributed by atoms with E-state index in [-0.39, 0.29) is 0 Å². The van der Waals surface area contributed by atoms with Crippen LogP contribution in [0.2, 0.25) is 0 Å². The first kappa shape index (κ1) is 10.6. The molecule has 0 amide bonds. The maximum Gasteiger partial charge on any atom is 0.00866 e. The van der Waals surface area contributed by atoms with Gasteiger partial charge in [-0.2, -0.15) is 0 Å². The van der Waals surface area contributed by atoms with E-state index in [2.05, 4.69) is 18.2 Å². The second kappa shape index (κ2) is 6.05. The fraction of sp³-hybridized carbons (Fsp3) is 0.833. The molecule has 0 aromatic rings. The lowest BCUT2D eigenvalue weighted by atomic mass is 10.0. The maximum absolute atomic E-state index is 5.23. The van der Waals surface area contributed by atoms with Crippen molar-refractivity contribution in [2.24, 2.45) is 5.92 Å². The molecule has 74 valence electrons. The Morgan fingerprint density at radius 1 is 1.54 bits per heavy atom. The van der Waals surface area contributed by atoms with Gasteiger partial charge in [-0.25, -0.2) is 0 Å². The first-order valence-electron chi connectivity index (χ1n) is 5.53. The fourth-order valence-electron chi connectivity index (χ4n) is 1.80. The Balaban J connectivity index is 2.08. The van der Waals surface area contributed by atoms with Gasteiger partial charge >= 0.3 is 0 Å². The van der Waals surface area contributed by atoms with Crippen molar-refractivity contribution in [2.75, 3.05) is 6.54 Å². The highest BCUT2D eigenvalue weighted by atomic mass is 14.9. The van der Waals surface area contributed by atoms with Crippen LogP contribution in [-0.4, -0.2) is 12.6 Å². The number of nitrogens with one attached hydrogen (secondary N) is 1. The molecule has 1 rings (SSSR count).